The average molecular weight is 311 g/mol. The maximum absolute atomic E-state index is 5.34. The lowest BCUT2D eigenvalue weighted by atomic mass is 10.1. The van der Waals surface area contributed by atoms with Gasteiger partial charge in [0.2, 0.25) is 0 Å². The SMILES string of the molecule is CCOCCNc1ncnc2c1cnn2-c1cc(C)cc(C)c1. The van der Waals surface area contributed by atoms with E-state index in [1.165, 1.54) is 11.1 Å². The minimum Gasteiger partial charge on any atom is -0.380 e. The number of nitrogens with zero attached hydrogens (tertiary/aromatic N) is 4. The number of hydrogen-bond acceptors (Lipinski definition) is 5. The van der Waals surface area contributed by atoms with Gasteiger partial charge in [0.15, 0.2) is 5.65 Å². The number of fused-ring (bicyclic) bond motifs is 1. The number of aromatic nitrogens is 4. The zero-order valence-electron chi connectivity index (χ0n) is 13.7. The lowest BCUT2D eigenvalue weighted by Crippen LogP contribution is -2.10. The number of anilines is 1. The van der Waals surface area contributed by atoms with Crippen molar-refractivity contribution in [3.8, 4) is 5.69 Å². The molecule has 2 heterocycles. The third kappa shape index (κ3) is 3.32. The van der Waals surface area contributed by atoms with E-state index < -0.39 is 0 Å². The van der Waals surface area contributed by atoms with Gasteiger partial charge in [-0.25, -0.2) is 14.6 Å². The number of rotatable bonds is 6. The van der Waals surface area contributed by atoms with Crippen LogP contribution in [0.2, 0.25) is 0 Å². The summed E-state index contributed by atoms with van der Waals surface area (Å²) in [6.07, 6.45) is 3.36. The van der Waals surface area contributed by atoms with Gasteiger partial charge in [0, 0.05) is 13.2 Å². The van der Waals surface area contributed by atoms with Crippen LogP contribution in [-0.4, -0.2) is 39.5 Å². The van der Waals surface area contributed by atoms with Crippen LogP contribution in [0, 0.1) is 13.8 Å². The van der Waals surface area contributed by atoms with Crippen LogP contribution in [0.15, 0.2) is 30.7 Å². The molecule has 0 aliphatic heterocycles. The summed E-state index contributed by atoms with van der Waals surface area (Å²) in [7, 11) is 0. The van der Waals surface area contributed by atoms with Crippen molar-refractivity contribution in [3.63, 3.8) is 0 Å². The minimum atomic E-state index is 0.646. The molecule has 0 fully saturated rings. The van der Waals surface area contributed by atoms with Crippen LogP contribution in [0.4, 0.5) is 5.82 Å². The fourth-order valence-corrected chi connectivity index (χ4v) is 2.63. The van der Waals surface area contributed by atoms with Crippen LogP contribution in [0.1, 0.15) is 18.1 Å². The highest BCUT2D eigenvalue weighted by Crippen LogP contribution is 2.22. The van der Waals surface area contributed by atoms with E-state index in [-0.39, 0.29) is 0 Å². The first-order valence-corrected chi connectivity index (χ1v) is 7.78. The van der Waals surface area contributed by atoms with E-state index in [9.17, 15) is 0 Å². The molecule has 0 radical (unpaired) electrons. The molecule has 3 rings (SSSR count). The van der Waals surface area contributed by atoms with E-state index >= 15 is 0 Å². The maximum Gasteiger partial charge on any atom is 0.168 e. The van der Waals surface area contributed by atoms with Crippen LogP contribution < -0.4 is 5.32 Å². The van der Waals surface area contributed by atoms with Crippen molar-refractivity contribution in [2.24, 2.45) is 0 Å². The summed E-state index contributed by atoms with van der Waals surface area (Å²) in [6, 6.07) is 6.35. The van der Waals surface area contributed by atoms with E-state index in [2.05, 4.69) is 52.4 Å². The van der Waals surface area contributed by atoms with E-state index in [0.29, 0.717) is 19.8 Å². The molecule has 3 aromatic rings. The van der Waals surface area contributed by atoms with Gasteiger partial charge in [-0.2, -0.15) is 5.10 Å². The minimum absolute atomic E-state index is 0.646. The first kappa shape index (κ1) is 15.4. The predicted octanol–water partition coefficient (Wildman–Crippen LogP) is 2.88. The highest BCUT2D eigenvalue weighted by Gasteiger charge is 2.11. The Morgan fingerprint density at radius 3 is 2.65 bits per heavy atom. The number of aryl methyl sites for hydroxylation is 2. The average Bonchev–Trinajstić information content (AvgIpc) is 2.95. The van der Waals surface area contributed by atoms with E-state index in [0.717, 1.165) is 22.5 Å². The summed E-state index contributed by atoms with van der Waals surface area (Å²) in [5.41, 5.74) is 4.21. The third-order valence-corrected chi connectivity index (χ3v) is 3.56. The zero-order chi connectivity index (χ0) is 16.2. The molecule has 6 heteroatoms. The summed E-state index contributed by atoms with van der Waals surface area (Å²) in [5, 5.41) is 8.68. The fourth-order valence-electron chi connectivity index (χ4n) is 2.63. The molecule has 0 atom stereocenters. The highest BCUT2D eigenvalue weighted by atomic mass is 16.5. The third-order valence-electron chi connectivity index (χ3n) is 3.56. The zero-order valence-corrected chi connectivity index (χ0v) is 13.7. The summed E-state index contributed by atoms with van der Waals surface area (Å²) in [4.78, 5) is 8.72. The highest BCUT2D eigenvalue weighted by molar-refractivity contribution is 5.87. The first-order valence-electron chi connectivity index (χ1n) is 7.78. The lowest BCUT2D eigenvalue weighted by Gasteiger charge is -2.08. The molecule has 0 bridgehead atoms. The molecule has 2 aromatic heterocycles. The summed E-state index contributed by atoms with van der Waals surface area (Å²) < 4.78 is 7.19. The Balaban J connectivity index is 1.94. The van der Waals surface area contributed by atoms with Crippen LogP contribution >= 0.6 is 0 Å². The Kier molecular flexibility index (Phi) is 4.52. The predicted molar refractivity (Wildman–Crippen MR) is 91.1 cm³/mol. The van der Waals surface area contributed by atoms with Crippen LogP contribution in [0.5, 0.6) is 0 Å². The van der Waals surface area contributed by atoms with Gasteiger partial charge in [-0.3, -0.25) is 0 Å². The Morgan fingerprint density at radius 1 is 1.13 bits per heavy atom. The molecule has 1 N–H and O–H groups in total. The second kappa shape index (κ2) is 6.75. The van der Waals surface area contributed by atoms with Crippen molar-refractivity contribution in [2.75, 3.05) is 25.1 Å². The molecule has 0 saturated heterocycles. The van der Waals surface area contributed by atoms with Gasteiger partial charge >= 0.3 is 0 Å². The van der Waals surface area contributed by atoms with Crippen molar-refractivity contribution >= 4 is 16.9 Å². The molecule has 6 nitrogen and oxygen atoms in total. The number of nitrogens with one attached hydrogen (secondary N) is 1. The number of hydrogen-bond donors (Lipinski definition) is 1. The molecule has 120 valence electrons. The van der Waals surface area contributed by atoms with E-state index in [4.69, 9.17) is 4.74 Å². The standard InChI is InChI=1S/C17H21N5O/c1-4-23-6-5-18-16-15-10-21-22(17(15)20-11-19-16)14-8-12(2)7-13(3)9-14/h7-11H,4-6H2,1-3H3,(H,18,19,20). The van der Waals surface area contributed by atoms with Crippen molar-refractivity contribution < 1.29 is 4.74 Å². The molecular formula is C17H21N5O. The second-order valence-electron chi connectivity index (χ2n) is 5.49. The normalized spacial score (nSPS) is 11.1. The molecule has 0 aliphatic carbocycles. The summed E-state index contributed by atoms with van der Waals surface area (Å²) >= 11 is 0. The molecule has 0 amide bonds. The van der Waals surface area contributed by atoms with Crippen LogP contribution in [0.25, 0.3) is 16.7 Å². The first-order chi connectivity index (χ1) is 11.2. The van der Waals surface area contributed by atoms with Crippen molar-refractivity contribution in [2.45, 2.75) is 20.8 Å². The molecule has 0 unspecified atom stereocenters. The molecule has 23 heavy (non-hydrogen) atoms. The number of ether oxygens (including phenoxy) is 1. The molecule has 1 aromatic carbocycles. The van der Waals surface area contributed by atoms with Crippen molar-refractivity contribution in [3.05, 3.63) is 41.9 Å². The Bertz CT molecular complexity index is 792. The number of benzene rings is 1. The Hall–Kier alpha value is -2.47. The summed E-state index contributed by atoms with van der Waals surface area (Å²) in [5.74, 6) is 0.783. The molecule has 0 aliphatic rings. The van der Waals surface area contributed by atoms with Gasteiger partial charge in [-0.05, 0) is 44.0 Å². The topological polar surface area (TPSA) is 64.9 Å². The molecule has 0 spiro atoms. The van der Waals surface area contributed by atoms with Gasteiger partial charge in [-0.15, -0.1) is 0 Å². The van der Waals surface area contributed by atoms with Crippen molar-refractivity contribution in [1.82, 2.24) is 19.7 Å². The van der Waals surface area contributed by atoms with Crippen molar-refractivity contribution in [1.29, 1.82) is 0 Å². The largest absolute Gasteiger partial charge is 0.380 e. The van der Waals surface area contributed by atoms with Gasteiger partial charge in [-0.1, -0.05) is 6.07 Å². The monoisotopic (exact) mass is 311 g/mol. The smallest absolute Gasteiger partial charge is 0.168 e. The fraction of sp³-hybridized carbons (Fsp3) is 0.353. The van der Waals surface area contributed by atoms with Gasteiger partial charge < -0.3 is 10.1 Å². The van der Waals surface area contributed by atoms with Crippen LogP contribution in [-0.2, 0) is 4.74 Å². The van der Waals surface area contributed by atoms with Crippen LogP contribution in [0.3, 0.4) is 0 Å². The van der Waals surface area contributed by atoms with E-state index in [1.807, 2.05) is 11.6 Å². The Morgan fingerprint density at radius 2 is 1.91 bits per heavy atom. The summed E-state index contributed by atoms with van der Waals surface area (Å²) in [6.45, 7) is 8.21. The van der Waals surface area contributed by atoms with Gasteiger partial charge in [0.25, 0.3) is 0 Å². The second-order valence-corrected chi connectivity index (χ2v) is 5.49. The lowest BCUT2D eigenvalue weighted by molar-refractivity contribution is 0.158. The Labute approximate surface area is 135 Å². The van der Waals surface area contributed by atoms with Gasteiger partial charge in [0.05, 0.1) is 23.9 Å². The van der Waals surface area contributed by atoms with Gasteiger partial charge in [0.1, 0.15) is 12.1 Å². The van der Waals surface area contributed by atoms with E-state index in [1.54, 1.807) is 12.5 Å². The maximum atomic E-state index is 5.34. The molecular weight excluding hydrogens is 290 g/mol. The quantitative estimate of drug-likeness (QED) is 0.709. The molecule has 0 saturated carbocycles.